The van der Waals surface area contributed by atoms with Crippen molar-refractivity contribution in [2.45, 2.75) is 44.3 Å². The number of amides is 2. The summed E-state index contributed by atoms with van der Waals surface area (Å²) in [5.41, 5.74) is 1.53. The highest BCUT2D eigenvalue weighted by Crippen LogP contribution is 2.50. The fraction of sp³-hybridized carbons (Fsp3) is 0.542. The molecular formula is C24H28F3N5O4. The molecule has 0 bridgehead atoms. The van der Waals surface area contributed by atoms with E-state index < -0.39 is 17.6 Å². The average Bonchev–Trinajstić information content (AvgIpc) is 3.50. The van der Waals surface area contributed by atoms with Crippen LogP contribution >= 0.6 is 0 Å². The number of halogens is 3. The van der Waals surface area contributed by atoms with E-state index in [-0.39, 0.29) is 23.7 Å². The molecule has 0 unspecified atom stereocenters. The van der Waals surface area contributed by atoms with Crippen LogP contribution in [-0.4, -0.2) is 73.3 Å². The number of hydrogen-bond acceptors (Lipinski definition) is 5. The SMILES string of the molecule is Cn1nccc1[C@@H]1CN(C(=O)C2CC2)C[C@]12CCCN(Cc1cccnc1)C2=O.O=C(O)C(F)(F)F. The number of likely N-dealkylation sites (tertiary alicyclic amines) is 2. The van der Waals surface area contributed by atoms with Gasteiger partial charge in [-0.3, -0.25) is 19.3 Å². The molecule has 1 N–H and O–H groups in total. The van der Waals surface area contributed by atoms with Gasteiger partial charge in [-0.15, -0.1) is 0 Å². The fourth-order valence-electron chi connectivity index (χ4n) is 5.21. The largest absolute Gasteiger partial charge is 0.490 e. The summed E-state index contributed by atoms with van der Waals surface area (Å²) in [5.74, 6) is -2.20. The van der Waals surface area contributed by atoms with Gasteiger partial charge in [0.15, 0.2) is 0 Å². The minimum atomic E-state index is -5.08. The van der Waals surface area contributed by atoms with Crippen LogP contribution in [0.25, 0.3) is 0 Å². The maximum absolute atomic E-state index is 13.9. The van der Waals surface area contributed by atoms with E-state index in [4.69, 9.17) is 9.90 Å². The molecule has 2 aliphatic heterocycles. The average molecular weight is 508 g/mol. The Kier molecular flexibility index (Phi) is 7.05. The van der Waals surface area contributed by atoms with E-state index in [1.807, 2.05) is 45.9 Å². The van der Waals surface area contributed by atoms with Gasteiger partial charge in [-0.2, -0.15) is 18.3 Å². The summed E-state index contributed by atoms with van der Waals surface area (Å²) in [6.07, 6.45) is 4.02. The molecule has 2 atom stereocenters. The lowest BCUT2D eigenvalue weighted by Gasteiger charge is -2.42. The molecule has 4 heterocycles. The molecule has 2 amide bonds. The van der Waals surface area contributed by atoms with Crippen LogP contribution in [0.4, 0.5) is 13.2 Å². The number of hydrogen-bond donors (Lipinski definition) is 1. The number of aryl methyl sites for hydroxylation is 1. The minimum Gasteiger partial charge on any atom is -0.475 e. The third-order valence-electron chi connectivity index (χ3n) is 7.10. The first-order chi connectivity index (χ1) is 17.0. The predicted octanol–water partition coefficient (Wildman–Crippen LogP) is 2.59. The number of alkyl halides is 3. The Morgan fingerprint density at radius 2 is 1.94 bits per heavy atom. The van der Waals surface area contributed by atoms with Gasteiger partial charge in [0, 0.05) is 69.3 Å². The van der Waals surface area contributed by atoms with Gasteiger partial charge in [0.2, 0.25) is 11.8 Å². The summed E-state index contributed by atoms with van der Waals surface area (Å²) in [6.45, 7) is 2.47. The summed E-state index contributed by atoms with van der Waals surface area (Å²) in [5, 5.41) is 11.5. The van der Waals surface area contributed by atoms with Crippen LogP contribution in [-0.2, 0) is 28.0 Å². The van der Waals surface area contributed by atoms with Crippen LogP contribution in [0.2, 0.25) is 0 Å². The zero-order chi connectivity index (χ0) is 26.1. The van der Waals surface area contributed by atoms with Crippen molar-refractivity contribution in [2.75, 3.05) is 19.6 Å². The second-order valence-corrected chi connectivity index (χ2v) is 9.58. The lowest BCUT2D eigenvalue weighted by Crippen LogP contribution is -2.52. The van der Waals surface area contributed by atoms with Crippen molar-refractivity contribution < 1.29 is 32.7 Å². The fourth-order valence-corrected chi connectivity index (χ4v) is 5.21. The van der Waals surface area contributed by atoms with Crippen LogP contribution < -0.4 is 0 Å². The monoisotopic (exact) mass is 507 g/mol. The van der Waals surface area contributed by atoms with Crippen molar-refractivity contribution in [3.8, 4) is 0 Å². The van der Waals surface area contributed by atoms with Crippen LogP contribution in [0.15, 0.2) is 36.8 Å². The molecule has 194 valence electrons. The minimum absolute atomic E-state index is 0.0121. The van der Waals surface area contributed by atoms with E-state index in [9.17, 15) is 22.8 Å². The Hall–Kier alpha value is -3.44. The molecule has 2 aromatic heterocycles. The molecule has 9 nitrogen and oxygen atoms in total. The number of rotatable bonds is 4. The van der Waals surface area contributed by atoms with Crippen LogP contribution in [0, 0.1) is 11.3 Å². The first-order valence-corrected chi connectivity index (χ1v) is 11.8. The lowest BCUT2D eigenvalue weighted by molar-refractivity contribution is -0.192. The Balaban J connectivity index is 0.000000384. The third-order valence-corrected chi connectivity index (χ3v) is 7.10. The molecule has 5 rings (SSSR count). The number of pyridine rings is 1. The molecule has 1 aliphatic carbocycles. The van der Waals surface area contributed by atoms with Crippen molar-refractivity contribution in [3.63, 3.8) is 0 Å². The second kappa shape index (κ2) is 9.90. The van der Waals surface area contributed by atoms with E-state index >= 15 is 0 Å². The Labute approximate surface area is 205 Å². The first-order valence-electron chi connectivity index (χ1n) is 11.8. The summed E-state index contributed by atoms with van der Waals surface area (Å²) in [6, 6.07) is 5.92. The molecule has 0 aromatic carbocycles. The highest BCUT2D eigenvalue weighted by atomic mass is 19.4. The zero-order valence-electron chi connectivity index (χ0n) is 19.8. The highest BCUT2D eigenvalue weighted by Gasteiger charge is 2.57. The van der Waals surface area contributed by atoms with Crippen molar-refractivity contribution in [1.29, 1.82) is 0 Å². The maximum atomic E-state index is 13.9. The molecular weight excluding hydrogens is 479 g/mol. The molecule has 3 aliphatic rings. The summed E-state index contributed by atoms with van der Waals surface area (Å²) in [7, 11) is 1.93. The van der Waals surface area contributed by atoms with E-state index in [1.165, 1.54) is 0 Å². The maximum Gasteiger partial charge on any atom is 0.490 e. The quantitative estimate of drug-likeness (QED) is 0.682. The topological polar surface area (TPSA) is 109 Å². The summed E-state index contributed by atoms with van der Waals surface area (Å²) in [4.78, 5) is 43.8. The number of aromatic nitrogens is 3. The Morgan fingerprint density at radius 3 is 2.50 bits per heavy atom. The van der Waals surface area contributed by atoms with Gasteiger partial charge < -0.3 is 14.9 Å². The molecule has 1 spiro atoms. The number of carbonyl (C=O) groups is 3. The van der Waals surface area contributed by atoms with Gasteiger partial charge in [0.25, 0.3) is 0 Å². The molecule has 2 saturated heterocycles. The molecule has 3 fully saturated rings. The van der Waals surface area contributed by atoms with Crippen molar-refractivity contribution in [1.82, 2.24) is 24.6 Å². The van der Waals surface area contributed by atoms with Crippen LogP contribution in [0.5, 0.6) is 0 Å². The predicted molar refractivity (Wildman–Crippen MR) is 120 cm³/mol. The number of carboxylic acid groups (broad SMARTS) is 1. The lowest BCUT2D eigenvalue weighted by atomic mass is 9.70. The zero-order valence-corrected chi connectivity index (χ0v) is 19.8. The third kappa shape index (κ3) is 5.21. The number of carbonyl (C=O) groups excluding carboxylic acids is 2. The smallest absolute Gasteiger partial charge is 0.475 e. The van der Waals surface area contributed by atoms with E-state index in [0.717, 1.165) is 43.5 Å². The first kappa shape index (κ1) is 25.6. The normalized spacial score (nSPS) is 24.0. The molecule has 1 saturated carbocycles. The summed E-state index contributed by atoms with van der Waals surface area (Å²) < 4.78 is 33.6. The number of piperidine rings is 1. The molecule has 12 heteroatoms. The van der Waals surface area contributed by atoms with E-state index in [2.05, 4.69) is 10.1 Å². The van der Waals surface area contributed by atoms with Crippen molar-refractivity contribution in [2.24, 2.45) is 18.4 Å². The molecule has 2 aromatic rings. The van der Waals surface area contributed by atoms with Crippen LogP contribution in [0.3, 0.4) is 0 Å². The van der Waals surface area contributed by atoms with Gasteiger partial charge >= 0.3 is 12.1 Å². The van der Waals surface area contributed by atoms with Gasteiger partial charge in [-0.05, 0) is 43.4 Å². The van der Waals surface area contributed by atoms with Gasteiger partial charge in [-0.1, -0.05) is 6.07 Å². The highest BCUT2D eigenvalue weighted by molar-refractivity contribution is 5.88. The molecule has 36 heavy (non-hydrogen) atoms. The number of aliphatic carboxylic acids is 1. The van der Waals surface area contributed by atoms with Crippen LogP contribution in [0.1, 0.15) is 42.9 Å². The van der Waals surface area contributed by atoms with Gasteiger partial charge in [-0.25, -0.2) is 4.79 Å². The van der Waals surface area contributed by atoms with E-state index in [0.29, 0.717) is 19.6 Å². The molecule has 0 radical (unpaired) electrons. The standard InChI is InChI=1S/C22H27N5O2.C2HF3O2/c1-25-19(7-10-24-25)18-14-27(20(28)17-5-6-17)15-22(18)8-3-11-26(21(22)29)13-16-4-2-9-23-12-16;3-2(4,5)1(6)7/h2,4,7,9-10,12,17-18H,3,5-6,8,11,13-15H2,1H3;(H,6,7)/t18-,22+;/m0./s1. The number of nitrogens with zero attached hydrogens (tertiary/aromatic N) is 5. The van der Waals surface area contributed by atoms with E-state index in [1.54, 1.807) is 12.4 Å². The Bertz CT molecular complexity index is 1120. The second-order valence-electron chi connectivity index (χ2n) is 9.58. The number of carboxylic acids is 1. The van der Waals surface area contributed by atoms with Gasteiger partial charge in [0.1, 0.15) is 0 Å². The summed E-state index contributed by atoms with van der Waals surface area (Å²) >= 11 is 0. The van der Waals surface area contributed by atoms with Crippen molar-refractivity contribution in [3.05, 3.63) is 48.0 Å². The Morgan fingerprint density at radius 1 is 1.22 bits per heavy atom. The van der Waals surface area contributed by atoms with Crippen molar-refractivity contribution >= 4 is 17.8 Å². The van der Waals surface area contributed by atoms with Gasteiger partial charge in [0.05, 0.1) is 5.41 Å².